The Morgan fingerprint density at radius 1 is 1.30 bits per heavy atom. The van der Waals surface area contributed by atoms with Gasteiger partial charge >= 0.3 is 0 Å². The Balaban J connectivity index is 2.01. The number of thiophene rings is 1. The number of rotatable bonds is 6. The van der Waals surface area contributed by atoms with Crippen LogP contribution in [0.1, 0.15) is 25.0 Å². The monoisotopic (exact) mass is 351 g/mol. The van der Waals surface area contributed by atoms with Gasteiger partial charge in [0.2, 0.25) is 0 Å². The Labute approximate surface area is 146 Å². The Bertz CT molecular complexity index is 641. The van der Waals surface area contributed by atoms with Crippen LogP contribution in [0.25, 0.3) is 0 Å². The predicted octanol–water partition coefficient (Wildman–Crippen LogP) is 3.36. The Kier molecular flexibility index (Phi) is 6.45. The highest BCUT2D eigenvalue weighted by Crippen LogP contribution is 2.22. The first-order valence-electron chi connectivity index (χ1n) is 7.53. The molecule has 124 valence electrons. The third-order valence-electron chi connectivity index (χ3n) is 3.45. The van der Waals surface area contributed by atoms with Crippen LogP contribution < -0.4 is 10.6 Å². The van der Waals surface area contributed by atoms with Crippen molar-refractivity contribution < 1.29 is 5.11 Å². The number of hydrogen-bond acceptors (Lipinski definition) is 3. The van der Waals surface area contributed by atoms with Gasteiger partial charge in [0.05, 0.1) is 13.1 Å². The highest BCUT2D eigenvalue weighted by atomic mass is 35.5. The molecule has 0 amide bonds. The van der Waals surface area contributed by atoms with Crippen molar-refractivity contribution >= 4 is 28.9 Å². The van der Waals surface area contributed by atoms with E-state index in [2.05, 4.69) is 15.6 Å². The lowest BCUT2D eigenvalue weighted by Crippen LogP contribution is -2.44. The summed E-state index contributed by atoms with van der Waals surface area (Å²) >= 11 is 7.72. The van der Waals surface area contributed by atoms with Crippen LogP contribution in [0.3, 0.4) is 0 Å². The number of hydrogen-bond donors (Lipinski definition) is 3. The normalized spacial score (nSPS) is 14.3. The summed E-state index contributed by atoms with van der Waals surface area (Å²) in [7, 11) is 0. The third-order valence-corrected chi connectivity index (χ3v) is 4.50. The minimum absolute atomic E-state index is 0.373. The fourth-order valence-electron chi connectivity index (χ4n) is 2.06. The molecule has 4 nitrogen and oxygen atoms in total. The summed E-state index contributed by atoms with van der Waals surface area (Å²) in [5, 5.41) is 21.5. The lowest BCUT2D eigenvalue weighted by atomic mass is 9.99. The summed E-state index contributed by atoms with van der Waals surface area (Å²) in [6.07, 6.45) is 0. The largest absolute Gasteiger partial charge is 0.384 e. The molecule has 1 unspecified atom stereocenters. The Morgan fingerprint density at radius 2 is 2.09 bits per heavy atom. The Morgan fingerprint density at radius 3 is 2.74 bits per heavy atom. The van der Waals surface area contributed by atoms with E-state index in [1.807, 2.05) is 48.0 Å². The number of halogens is 1. The van der Waals surface area contributed by atoms with Crippen LogP contribution in [-0.4, -0.2) is 24.2 Å². The summed E-state index contributed by atoms with van der Waals surface area (Å²) in [4.78, 5) is 4.53. The molecule has 0 saturated heterocycles. The fraction of sp³-hybridized carbons (Fsp3) is 0.353. The number of aliphatic imine (C=N–C) groups is 1. The van der Waals surface area contributed by atoms with Gasteiger partial charge in [-0.3, -0.25) is 0 Å². The van der Waals surface area contributed by atoms with Crippen molar-refractivity contribution in [3.05, 3.63) is 57.2 Å². The maximum Gasteiger partial charge on any atom is 0.191 e. The third kappa shape index (κ3) is 5.23. The van der Waals surface area contributed by atoms with Crippen molar-refractivity contribution in [3.63, 3.8) is 0 Å². The van der Waals surface area contributed by atoms with Crippen molar-refractivity contribution in [2.45, 2.75) is 26.0 Å². The van der Waals surface area contributed by atoms with E-state index in [1.54, 1.807) is 18.3 Å². The maximum atomic E-state index is 10.6. The van der Waals surface area contributed by atoms with Crippen LogP contribution in [0.15, 0.2) is 46.1 Å². The molecule has 2 rings (SSSR count). The van der Waals surface area contributed by atoms with Crippen molar-refractivity contribution in [3.8, 4) is 0 Å². The van der Waals surface area contributed by atoms with Gasteiger partial charge in [-0.25, -0.2) is 4.99 Å². The second-order valence-electron chi connectivity index (χ2n) is 5.43. The van der Waals surface area contributed by atoms with Gasteiger partial charge in [0.1, 0.15) is 5.60 Å². The summed E-state index contributed by atoms with van der Waals surface area (Å²) in [6.45, 7) is 5.39. The van der Waals surface area contributed by atoms with Crippen molar-refractivity contribution in [2.24, 2.45) is 4.99 Å². The minimum Gasteiger partial charge on any atom is -0.384 e. The van der Waals surface area contributed by atoms with Crippen LogP contribution in [0.2, 0.25) is 5.02 Å². The van der Waals surface area contributed by atoms with Crippen LogP contribution >= 0.6 is 22.9 Å². The highest BCUT2D eigenvalue weighted by molar-refractivity contribution is 7.08. The SMILES string of the molecule is CCNC(=NCc1ccccc1Cl)NCC(C)(O)c1ccsc1. The average Bonchev–Trinajstić information content (AvgIpc) is 3.07. The lowest BCUT2D eigenvalue weighted by molar-refractivity contribution is 0.0621. The van der Waals surface area contributed by atoms with Gasteiger partial charge in [-0.1, -0.05) is 29.8 Å². The highest BCUT2D eigenvalue weighted by Gasteiger charge is 2.23. The average molecular weight is 352 g/mol. The number of aliphatic hydroxyl groups is 1. The second-order valence-corrected chi connectivity index (χ2v) is 6.61. The zero-order chi connectivity index (χ0) is 16.7. The van der Waals surface area contributed by atoms with Gasteiger partial charge < -0.3 is 15.7 Å². The number of nitrogens with one attached hydrogen (secondary N) is 2. The molecule has 1 aromatic carbocycles. The van der Waals surface area contributed by atoms with E-state index in [4.69, 9.17) is 11.6 Å². The number of benzene rings is 1. The molecule has 0 bridgehead atoms. The van der Waals surface area contributed by atoms with Crippen LogP contribution in [0.4, 0.5) is 0 Å². The summed E-state index contributed by atoms with van der Waals surface area (Å²) in [5.41, 5.74) is 0.925. The molecule has 23 heavy (non-hydrogen) atoms. The molecule has 3 N–H and O–H groups in total. The zero-order valence-corrected chi connectivity index (χ0v) is 14.9. The molecule has 1 atom stereocenters. The molecule has 0 saturated carbocycles. The van der Waals surface area contributed by atoms with Crippen molar-refractivity contribution in [1.82, 2.24) is 10.6 Å². The first kappa shape index (κ1) is 17.8. The summed E-state index contributed by atoms with van der Waals surface area (Å²) < 4.78 is 0. The quantitative estimate of drug-likeness (QED) is 0.552. The van der Waals surface area contributed by atoms with E-state index in [0.29, 0.717) is 24.1 Å². The van der Waals surface area contributed by atoms with E-state index < -0.39 is 5.60 Å². The van der Waals surface area contributed by atoms with Crippen molar-refractivity contribution in [1.29, 1.82) is 0 Å². The molecule has 1 heterocycles. The standard InChI is InChI=1S/C17H22ClN3OS/c1-3-19-16(20-10-13-6-4-5-7-15(13)18)21-12-17(2,22)14-8-9-23-11-14/h4-9,11,22H,3,10,12H2,1-2H3,(H2,19,20,21). The molecule has 0 aliphatic carbocycles. The van der Waals surface area contributed by atoms with Crippen LogP contribution in [-0.2, 0) is 12.1 Å². The molecular formula is C17H22ClN3OS. The smallest absolute Gasteiger partial charge is 0.191 e. The van der Waals surface area contributed by atoms with Gasteiger partial charge in [-0.15, -0.1) is 0 Å². The minimum atomic E-state index is -0.944. The summed E-state index contributed by atoms with van der Waals surface area (Å²) in [5.74, 6) is 0.655. The van der Waals surface area contributed by atoms with Gasteiger partial charge in [-0.2, -0.15) is 11.3 Å². The number of nitrogens with zero attached hydrogens (tertiary/aromatic N) is 1. The Hall–Kier alpha value is -1.56. The molecule has 0 aliphatic heterocycles. The molecule has 6 heteroatoms. The van der Waals surface area contributed by atoms with E-state index in [1.165, 1.54) is 0 Å². The first-order chi connectivity index (χ1) is 11.0. The molecule has 0 radical (unpaired) electrons. The van der Waals surface area contributed by atoms with Gasteiger partial charge in [0.15, 0.2) is 5.96 Å². The van der Waals surface area contributed by atoms with Gasteiger partial charge in [0.25, 0.3) is 0 Å². The second kappa shape index (κ2) is 8.34. The molecule has 0 spiro atoms. The maximum absolute atomic E-state index is 10.6. The van der Waals surface area contributed by atoms with Gasteiger partial charge in [0, 0.05) is 11.6 Å². The molecular weight excluding hydrogens is 330 g/mol. The lowest BCUT2D eigenvalue weighted by Gasteiger charge is -2.24. The van der Waals surface area contributed by atoms with Crippen molar-refractivity contribution in [2.75, 3.05) is 13.1 Å². The molecule has 0 fully saturated rings. The van der Waals surface area contributed by atoms with Gasteiger partial charge in [-0.05, 0) is 47.9 Å². The summed E-state index contributed by atoms with van der Waals surface area (Å²) in [6, 6.07) is 9.58. The van der Waals surface area contributed by atoms with E-state index >= 15 is 0 Å². The molecule has 2 aromatic rings. The predicted molar refractivity (Wildman–Crippen MR) is 98.2 cm³/mol. The first-order valence-corrected chi connectivity index (χ1v) is 8.85. The van der Waals surface area contributed by atoms with E-state index in [9.17, 15) is 5.11 Å². The van der Waals surface area contributed by atoms with Crippen LogP contribution in [0, 0.1) is 0 Å². The van der Waals surface area contributed by atoms with E-state index in [-0.39, 0.29) is 0 Å². The van der Waals surface area contributed by atoms with E-state index in [0.717, 1.165) is 17.7 Å². The molecule has 0 aliphatic rings. The fourth-order valence-corrected chi connectivity index (χ4v) is 3.04. The topological polar surface area (TPSA) is 56.7 Å². The molecule has 1 aromatic heterocycles. The zero-order valence-electron chi connectivity index (χ0n) is 13.3. The number of guanidine groups is 1. The van der Waals surface area contributed by atoms with Crippen LogP contribution in [0.5, 0.6) is 0 Å².